The third kappa shape index (κ3) is 4.75. The number of nitrogens with zero attached hydrogens (tertiary/aromatic N) is 3. The normalized spacial score (nSPS) is 19.4. The Kier molecular flexibility index (Phi) is 6.29. The van der Waals surface area contributed by atoms with Gasteiger partial charge in [-0.15, -0.1) is 0 Å². The number of benzene rings is 1. The number of hydrogen-bond acceptors (Lipinski definition) is 5. The number of rotatable bonds is 6. The molecule has 0 unspecified atom stereocenters. The van der Waals surface area contributed by atoms with E-state index in [1.807, 2.05) is 0 Å². The first kappa shape index (κ1) is 20.0. The summed E-state index contributed by atoms with van der Waals surface area (Å²) < 4.78 is 27.0. The summed E-state index contributed by atoms with van der Waals surface area (Å²) in [4.78, 5) is 28.0. The lowest BCUT2D eigenvalue weighted by molar-refractivity contribution is -0.132. The zero-order chi connectivity index (χ0) is 19.4. The molecule has 7 nitrogen and oxygen atoms in total. The van der Waals surface area contributed by atoms with E-state index in [2.05, 4.69) is 4.90 Å². The Balaban J connectivity index is 1.54. The monoisotopic (exact) mass is 393 g/mol. The van der Waals surface area contributed by atoms with Crippen LogP contribution in [0, 0.1) is 0 Å². The Morgan fingerprint density at radius 2 is 1.52 bits per heavy atom. The van der Waals surface area contributed by atoms with Gasteiger partial charge in [-0.2, -0.15) is 4.31 Å². The van der Waals surface area contributed by atoms with Crippen LogP contribution in [0.4, 0.5) is 0 Å². The molecular weight excluding hydrogens is 366 g/mol. The zero-order valence-electron chi connectivity index (χ0n) is 15.8. The van der Waals surface area contributed by atoms with E-state index in [1.165, 1.54) is 48.3 Å². The maximum absolute atomic E-state index is 12.8. The number of ketones is 1. The van der Waals surface area contributed by atoms with Gasteiger partial charge in [-0.25, -0.2) is 8.42 Å². The molecule has 0 aliphatic carbocycles. The lowest BCUT2D eigenvalue weighted by Gasteiger charge is -2.34. The molecule has 3 rings (SSSR count). The van der Waals surface area contributed by atoms with Gasteiger partial charge in [-0.1, -0.05) is 12.1 Å². The van der Waals surface area contributed by atoms with Crippen molar-refractivity contribution in [2.24, 2.45) is 0 Å². The topological polar surface area (TPSA) is 78.0 Å². The van der Waals surface area contributed by atoms with E-state index in [0.717, 1.165) is 19.6 Å². The van der Waals surface area contributed by atoms with Crippen LogP contribution in [0.25, 0.3) is 0 Å². The summed E-state index contributed by atoms with van der Waals surface area (Å²) in [5.41, 5.74) is 0.488. The largest absolute Gasteiger partial charge is 0.340 e. The first-order valence-corrected chi connectivity index (χ1v) is 10.9. The quantitative estimate of drug-likeness (QED) is 0.679. The van der Waals surface area contributed by atoms with Crippen molar-refractivity contribution < 1.29 is 18.0 Å². The van der Waals surface area contributed by atoms with Crippen LogP contribution in [0.5, 0.6) is 0 Å². The minimum Gasteiger partial charge on any atom is -0.340 e. The summed E-state index contributed by atoms with van der Waals surface area (Å²) in [6.07, 6.45) is 2.91. The van der Waals surface area contributed by atoms with Crippen LogP contribution >= 0.6 is 0 Å². The molecule has 148 valence electrons. The minimum atomic E-state index is -3.60. The van der Waals surface area contributed by atoms with Crippen LogP contribution in [0.1, 0.15) is 36.5 Å². The predicted octanol–water partition coefficient (Wildman–Crippen LogP) is 1.21. The molecule has 0 radical (unpaired) electrons. The lowest BCUT2D eigenvalue weighted by atomic mass is 10.2. The standard InChI is InChI=1S/C19H27N3O4S/c1-16(23)17-4-6-18(7-5-17)27(25,26)22-14-12-21(13-15-22)19(24)8-11-20-9-2-3-10-20/h4-7H,2-3,8-15H2,1H3. The first-order valence-electron chi connectivity index (χ1n) is 9.49. The van der Waals surface area contributed by atoms with Gasteiger partial charge >= 0.3 is 0 Å². The fourth-order valence-electron chi connectivity index (χ4n) is 3.61. The maximum Gasteiger partial charge on any atom is 0.243 e. The molecule has 2 fully saturated rings. The molecule has 1 aromatic carbocycles. The molecule has 0 atom stereocenters. The Bertz CT molecular complexity index is 778. The second-order valence-electron chi connectivity index (χ2n) is 7.16. The fourth-order valence-corrected chi connectivity index (χ4v) is 5.03. The van der Waals surface area contributed by atoms with Gasteiger partial charge in [0.1, 0.15) is 0 Å². The smallest absolute Gasteiger partial charge is 0.243 e. The van der Waals surface area contributed by atoms with Crippen molar-refractivity contribution in [3.05, 3.63) is 29.8 Å². The van der Waals surface area contributed by atoms with Crippen molar-refractivity contribution in [3.63, 3.8) is 0 Å². The third-order valence-electron chi connectivity index (χ3n) is 5.33. The van der Waals surface area contributed by atoms with E-state index < -0.39 is 10.0 Å². The Labute approximate surface area is 161 Å². The average molecular weight is 394 g/mol. The number of piperazine rings is 1. The molecule has 0 bridgehead atoms. The van der Waals surface area contributed by atoms with Crippen LogP contribution in [0.2, 0.25) is 0 Å². The SMILES string of the molecule is CC(=O)c1ccc(S(=O)(=O)N2CCN(C(=O)CCN3CCCC3)CC2)cc1. The van der Waals surface area contributed by atoms with Crippen LogP contribution in [-0.2, 0) is 14.8 Å². The first-order chi connectivity index (χ1) is 12.9. The lowest BCUT2D eigenvalue weighted by Crippen LogP contribution is -2.50. The van der Waals surface area contributed by atoms with Crippen LogP contribution in [0.3, 0.4) is 0 Å². The van der Waals surface area contributed by atoms with Gasteiger partial charge in [0.25, 0.3) is 0 Å². The molecule has 2 aliphatic heterocycles. The van der Waals surface area contributed by atoms with E-state index >= 15 is 0 Å². The summed E-state index contributed by atoms with van der Waals surface area (Å²) in [5, 5.41) is 0. The van der Waals surface area contributed by atoms with Crippen molar-refractivity contribution in [1.29, 1.82) is 0 Å². The van der Waals surface area contributed by atoms with Crippen molar-refractivity contribution in [1.82, 2.24) is 14.1 Å². The highest BCUT2D eigenvalue weighted by atomic mass is 32.2. The number of sulfonamides is 1. The highest BCUT2D eigenvalue weighted by molar-refractivity contribution is 7.89. The van der Waals surface area contributed by atoms with Gasteiger partial charge < -0.3 is 9.80 Å². The maximum atomic E-state index is 12.8. The molecule has 8 heteroatoms. The van der Waals surface area contributed by atoms with Gasteiger partial charge in [-0.05, 0) is 45.0 Å². The number of carbonyl (C=O) groups is 2. The second kappa shape index (κ2) is 8.50. The van der Waals surface area contributed by atoms with E-state index in [1.54, 1.807) is 4.90 Å². The number of hydrogen-bond donors (Lipinski definition) is 0. The molecule has 0 aromatic heterocycles. The van der Waals surface area contributed by atoms with Crippen molar-refractivity contribution >= 4 is 21.7 Å². The van der Waals surface area contributed by atoms with E-state index in [9.17, 15) is 18.0 Å². The molecule has 1 aromatic rings. The summed E-state index contributed by atoms with van der Waals surface area (Å²) in [5.74, 6) is 0.00441. The van der Waals surface area contributed by atoms with Crippen LogP contribution in [0.15, 0.2) is 29.2 Å². The minimum absolute atomic E-state index is 0.0972. The van der Waals surface area contributed by atoms with Gasteiger partial charge in [-0.3, -0.25) is 9.59 Å². The number of amides is 1. The van der Waals surface area contributed by atoms with Gasteiger partial charge in [0, 0.05) is 44.7 Å². The van der Waals surface area contributed by atoms with Crippen molar-refractivity contribution in [2.45, 2.75) is 31.1 Å². The number of Topliss-reactive ketones (excluding diaryl/α,β-unsaturated/α-hetero) is 1. The highest BCUT2D eigenvalue weighted by Gasteiger charge is 2.30. The van der Waals surface area contributed by atoms with Gasteiger partial charge in [0.2, 0.25) is 15.9 Å². The third-order valence-corrected chi connectivity index (χ3v) is 7.24. The molecule has 0 saturated carbocycles. The average Bonchev–Trinajstić information content (AvgIpc) is 3.20. The molecule has 0 N–H and O–H groups in total. The molecule has 2 heterocycles. The summed E-state index contributed by atoms with van der Waals surface area (Å²) in [6.45, 7) is 5.82. The summed E-state index contributed by atoms with van der Waals surface area (Å²) >= 11 is 0. The Morgan fingerprint density at radius 1 is 0.926 bits per heavy atom. The fraction of sp³-hybridized carbons (Fsp3) is 0.579. The number of carbonyl (C=O) groups excluding carboxylic acids is 2. The van der Waals surface area contributed by atoms with E-state index in [4.69, 9.17) is 0 Å². The van der Waals surface area contributed by atoms with Crippen LogP contribution < -0.4 is 0 Å². The molecule has 2 aliphatic rings. The van der Waals surface area contributed by atoms with Crippen molar-refractivity contribution in [3.8, 4) is 0 Å². The Morgan fingerprint density at radius 3 is 2.07 bits per heavy atom. The highest BCUT2D eigenvalue weighted by Crippen LogP contribution is 2.19. The van der Waals surface area contributed by atoms with E-state index in [-0.39, 0.29) is 16.6 Å². The second-order valence-corrected chi connectivity index (χ2v) is 9.10. The van der Waals surface area contributed by atoms with Crippen LogP contribution in [-0.4, -0.2) is 80.0 Å². The van der Waals surface area contributed by atoms with Gasteiger partial charge in [0.05, 0.1) is 4.90 Å². The van der Waals surface area contributed by atoms with Crippen molar-refractivity contribution in [2.75, 3.05) is 45.8 Å². The molecular formula is C19H27N3O4S. The number of likely N-dealkylation sites (tertiary alicyclic amines) is 1. The molecule has 0 spiro atoms. The van der Waals surface area contributed by atoms with Gasteiger partial charge in [0.15, 0.2) is 5.78 Å². The predicted molar refractivity (Wildman–Crippen MR) is 102 cm³/mol. The summed E-state index contributed by atoms with van der Waals surface area (Å²) in [6, 6.07) is 6.01. The molecule has 1 amide bonds. The Hall–Kier alpha value is -1.77. The summed E-state index contributed by atoms with van der Waals surface area (Å²) in [7, 11) is -3.60. The molecule has 2 saturated heterocycles. The van der Waals surface area contributed by atoms with E-state index in [0.29, 0.717) is 38.2 Å². The molecule has 27 heavy (non-hydrogen) atoms. The zero-order valence-corrected chi connectivity index (χ0v) is 16.6.